The van der Waals surface area contributed by atoms with Crippen molar-refractivity contribution >= 4 is 21.6 Å². The minimum absolute atomic E-state index is 0.0141. The number of carbonyl (C=O) groups is 1. The van der Waals surface area contributed by atoms with Crippen LogP contribution in [-0.4, -0.2) is 36.5 Å². The van der Waals surface area contributed by atoms with Gasteiger partial charge in [0.05, 0.1) is 17.2 Å². The van der Waals surface area contributed by atoms with Crippen molar-refractivity contribution in [2.24, 2.45) is 0 Å². The normalized spacial score (nSPS) is 11.1. The summed E-state index contributed by atoms with van der Waals surface area (Å²) >= 11 is 0. The van der Waals surface area contributed by atoms with Gasteiger partial charge in [-0.2, -0.15) is 5.10 Å². The van der Waals surface area contributed by atoms with Crippen molar-refractivity contribution in [1.29, 1.82) is 0 Å². The van der Waals surface area contributed by atoms with E-state index in [2.05, 4.69) is 15.7 Å². The molecule has 2 N–H and O–H groups in total. The zero-order valence-corrected chi connectivity index (χ0v) is 16.1. The molecular formula is C20H22N4O3S. The van der Waals surface area contributed by atoms with Crippen LogP contribution in [0.1, 0.15) is 12.0 Å². The number of amides is 2. The molecule has 0 aliphatic carbocycles. The molecule has 0 fully saturated rings. The first-order valence-electron chi connectivity index (χ1n) is 8.91. The first-order chi connectivity index (χ1) is 13.5. The van der Waals surface area contributed by atoms with Gasteiger partial charge in [0.15, 0.2) is 9.84 Å². The summed E-state index contributed by atoms with van der Waals surface area (Å²) in [6.45, 7) is 0.276. The van der Waals surface area contributed by atoms with Gasteiger partial charge >= 0.3 is 6.03 Å². The largest absolute Gasteiger partial charge is 0.338 e. The molecule has 2 aromatic carbocycles. The van der Waals surface area contributed by atoms with E-state index in [1.54, 1.807) is 35.1 Å². The highest BCUT2D eigenvalue weighted by atomic mass is 32.2. The Morgan fingerprint density at radius 3 is 2.61 bits per heavy atom. The molecule has 0 bridgehead atoms. The van der Waals surface area contributed by atoms with Gasteiger partial charge in [-0.3, -0.25) is 0 Å². The predicted octanol–water partition coefficient (Wildman–Crippen LogP) is 3.00. The first-order valence-corrected chi connectivity index (χ1v) is 10.7. The SMILES string of the molecule is O=C(NCCCS(=O)(=O)Cc1ccccc1)Nc1cccc(-n2cccn2)c1. The molecule has 7 nitrogen and oxygen atoms in total. The van der Waals surface area contributed by atoms with E-state index in [0.717, 1.165) is 11.3 Å². The number of nitrogens with one attached hydrogen (secondary N) is 2. The van der Waals surface area contributed by atoms with Crippen LogP contribution in [0.3, 0.4) is 0 Å². The van der Waals surface area contributed by atoms with Gasteiger partial charge in [-0.05, 0) is 36.2 Å². The third kappa shape index (κ3) is 5.95. The monoisotopic (exact) mass is 398 g/mol. The number of hydrogen-bond acceptors (Lipinski definition) is 4. The molecule has 8 heteroatoms. The number of rotatable bonds is 8. The number of sulfone groups is 1. The van der Waals surface area contributed by atoms with Crippen LogP contribution >= 0.6 is 0 Å². The van der Waals surface area contributed by atoms with Crippen molar-refractivity contribution in [2.75, 3.05) is 17.6 Å². The van der Waals surface area contributed by atoms with Crippen LogP contribution in [0.2, 0.25) is 0 Å². The lowest BCUT2D eigenvalue weighted by molar-refractivity contribution is 0.252. The highest BCUT2D eigenvalue weighted by molar-refractivity contribution is 7.90. The zero-order valence-electron chi connectivity index (χ0n) is 15.3. The van der Waals surface area contributed by atoms with Crippen molar-refractivity contribution in [3.63, 3.8) is 0 Å². The average Bonchev–Trinajstić information content (AvgIpc) is 3.21. The lowest BCUT2D eigenvalue weighted by Gasteiger charge is -2.09. The molecule has 1 aromatic heterocycles. The fraction of sp³-hybridized carbons (Fsp3) is 0.200. The van der Waals surface area contributed by atoms with Gasteiger partial charge in [-0.25, -0.2) is 17.9 Å². The molecule has 0 spiro atoms. The summed E-state index contributed by atoms with van der Waals surface area (Å²) in [5.41, 5.74) is 2.22. The minimum Gasteiger partial charge on any atom is -0.338 e. The van der Waals surface area contributed by atoms with Crippen LogP contribution in [0.25, 0.3) is 5.69 Å². The number of nitrogens with zero attached hydrogens (tertiary/aromatic N) is 2. The highest BCUT2D eigenvalue weighted by Crippen LogP contribution is 2.13. The fourth-order valence-corrected chi connectivity index (χ4v) is 4.15. The van der Waals surface area contributed by atoms with Crippen LogP contribution in [0.5, 0.6) is 0 Å². The van der Waals surface area contributed by atoms with E-state index in [-0.39, 0.29) is 24.1 Å². The van der Waals surface area contributed by atoms with Crippen molar-refractivity contribution in [1.82, 2.24) is 15.1 Å². The van der Waals surface area contributed by atoms with E-state index >= 15 is 0 Å². The topological polar surface area (TPSA) is 93.1 Å². The number of anilines is 1. The summed E-state index contributed by atoms with van der Waals surface area (Å²) in [7, 11) is -3.20. The molecule has 0 atom stereocenters. The molecule has 0 radical (unpaired) electrons. The fourth-order valence-electron chi connectivity index (χ4n) is 2.72. The van der Waals surface area contributed by atoms with Gasteiger partial charge in [-0.15, -0.1) is 0 Å². The van der Waals surface area contributed by atoms with E-state index in [9.17, 15) is 13.2 Å². The molecule has 0 saturated carbocycles. The molecule has 3 aromatic rings. The van der Waals surface area contributed by atoms with Gasteiger partial charge in [0.1, 0.15) is 0 Å². The Kier molecular flexibility index (Phi) is 6.44. The molecule has 0 unspecified atom stereocenters. The number of aromatic nitrogens is 2. The summed E-state index contributed by atoms with van der Waals surface area (Å²) in [6, 6.07) is 17.8. The second-order valence-corrected chi connectivity index (χ2v) is 8.50. The second-order valence-electron chi connectivity index (χ2n) is 6.31. The second kappa shape index (κ2) is 9.18. The lowest BCUT2D eigenvalue weighted by atomic mass is 10.2. The zero-order chi connectivity index (χ0) is 19.8. The Morgan fingerprint density at radius 1 is 1.04 bits per heavy atom. The van der Waals surface area contributed by atoms with Crippen LogP contribution in [0.15, 0.2) is 73.1 Å². The van der Waals surface area contributed by atoms with E-state index in [1.807, 2.05) is 42.6 Å². The van der Waals surface area contributed by atoms with Crippen molar-refractivity contribution in [3.05, 3.63) is 78.6 Å². The third-order valence-corrected chi connectivity index (χ3v) is 5.70. The van der Waals surface area contributed by atoms with Crippen molar-refractivity contribution < 1.29 is 13.2 Å². The average molecular weight is 398 g/mol. The van der Waals surface area contributed by atoms with Gasteiger partial charge < -0.3 is 10.6 Å². The number of urea groups is 1. The molecule has 0 aliphatic rings. The summed E-state index contributed by atoms with van der Waals surface area (Å²) in [4.78, 5) is 12.0. The summed E-state index contributed by atoms with van der Waals surface area (Å²) in [5.74, 6) is 0.0389. The maximum Gasteiger partial charge on any atom is 0.319 e. The minimum atomic E-state index is -3.20. The molecule has 28 heavy (non-hydrogen) atoms. The van der Waals surface area contributed by atoms with Crippen molar-refractivity contribution in [3.8, 4) is 5.69 Å². The Bertz CT molecular complexity index is 1000. The van der Waals surface area contributed by atoms with Gasteiger partial charge in [0, 0.05) is 24.6 Å². The molecule has 2 amide bonds. The smallest absolute Gasteiger partial charge is 0.319 e. The van der Waals surface area contributed by atoms with Crippen LogP contribution in [-0.2, 0) is 15.6 Å². The Labute approximate surface area is 164 Å². The number of hydrogen-bond donors (Lipinski definition) is 2. The maximum atomic E-state index is 12.1. The van der Waals surface area contributed by atoms with Crippen LogP contribution < -0.4 is 10.6 Å². The number of carbonyl (C=O) groups excluding carboxylic acids is 1. The van der Waals surface area contributed by atoms with Gasteiger partial charge in [0.2, 0.25) is 0 Å². The summed E-state index contributed by atoms with van der Waals surface area (Å²) in [6.07, 6.45) is 3.85. The summed E-state index contributed by atoms with van der Waals surface area (Å²) < 4.78 is 26.0. The van der Waals surface area contributed by atoms with E-state index in [1.165, 1.54) is 0 Å². The van der Waals surface area contributed by atoms with Crippen molar-refractivity contribution in [2.45, 2.75) is 12.2 Å². The standard InChI is InChI=1S/C20H22N4O3S/c25-20(23-18-9-4-10-19(15-18)24-13-5-12-22-24)21-11-6-14-28(26,27)16-17-7-2-1-3-8-17/h1-5,7-10,12-13,15H,6,11,14,16H2,(H2,21,23,25). The van der Waals surface area contributed by atoms with Crippen LogP contribution in [0.4, 0.5) is 10.5 Å². The van der Waals surface area contributed by atoms with Gasteiger partial charge in [0.25, 0.3) is 0 Å². The van der Waals surface area contributed by atoms with E-state index in [4.69, 9.17) is 0 Å². The molecule has 3 rings (SSSR count). The molecule has 0 saturated heterocycles. The predicted molar refractivity (Wildman–Crippen MR) is 109 cm³/mol. The molecule has 146 valence electrons. The van der Waals surface area contributed by atoms with Crippen LogP contribution in [0, 0.1) is 0 Å². The Balaban J connectivity index is 1.43. The van der Waals surface area contributed by atoms with E-state index in [0.29, 0.717) is 12.1 Å². The quantitative estimate of drug-likeness (QED) is 0.571. The first kappa shape index (κ1) is 19.6. The Hall–Kier alpha value is -3.13. The third-order valence-electron chi connectivity index (χ3n) is 4.02. The molecular weight excluding hydrogens is 376 g/mol. The highest BCUT2D eigenvalue weighted by Gasteiger charge is 2.12. The maximum absolute atomic E-state index is 12.1. The lowest BCUT2D eigenvalue weighted by Crippen LogP contribution is -2.30. The summed E-state index contributed by atoms with van der Waals surface area (Å²) in [5, 5.41) is 9.58. The van der Waals surface area contributed by atoms with Gasteiger partial charge in [-0.1, -0.05) is 36.4 Å². The molecule has 0 aliphatic heterocycles. The van der Waals surface area contributed by atoms with E-state index < -0.39 is 9.84 Å². The Morgan fingerprint density at radius 2 is 1.86 bits per heavy atom. The molecule has 1 heterocycles. The number of benzene rings is 2.